The maximum atomic E-state index is 12.4. The third-order valence-corrected chi connectivity index (χ3v) is 5.05. The minimum absolute atomic E-state index is 0.135. The van der Waals surface area contributed by atoms with E-state index in [1.165, 1.54) is 11.5 Å². The van der Waals surface area contributed by atoms with Gasteiger partial charge < -0.3 is 15.5 Å². The van der Waals surface area contributed by atoms with Gasteiger partial charge in [-0.3, -0.25) is 9.59 Å². The van der Waals surface area contributed by atoms with Gasteiger partial charge in [0, 0.05) is 32.2 Å². The van der Waals surface area contributed by atoms with Gasteiger partial charge in [0.1, 0.15) is 5.00 Å². The van der Waals surface area contributed by atoms with Gasteiger partial charge in [0.2, 0.25) is 5.91 Å². The summed E-state index contributed by atoms with van der Waals surface area (Å²) in [6, 6.07) is 7.75. The zero-order valence-electron chi connectivity index (χ0n) is 13.8. The summed E-state index contributed by atoms with van der Waals surface area (Å²) in [7, 11) is 1.78. The smallest absolute Gasteiger partial charge is 0.256 e. The van der Waals surface area contributed by atoms with E-state index in [-0.39, 0.29) is 11.8 Å². The second kappa shape index (κ2) is 7.00. The molecule has 1 aliphatic heterocycles. The minimum atomic E-state index is -0.135. The lowest BCUT2D eigenvalue weighted by Gasteiger charge is -2.16. The molecular weight excluding hydrogens is 324 g/mol. The van der Waals surface area contributed by atoms with Gasteiger partial charge in [0.15, 0.2) is 0 Å². The third kappa shape index (κ3) is 3.26. The highest BCUT2D eigenvalue weighted by Crippen LogP contribution is 2.24. The summed E-state index contributed by atoms with van der Waals surface area (Å²) in [5.74, 6) is 0.0421. The molecule has 0 aliphatic carbocycles. The van der Waals surface area contributed by atoms with Crippen molar-refractivity contribution in [2.45, 2.75) is 26.3 Å². The molecule has 126 valence electrons. The van der Waals surface area contributed by atoms with Crippen LogP contribution in [0.4, 0.5) is 10.7 Å². The zero-order chi connectivity index (χ0) is 17.1. The van der Waals surface area contributed by atoms with Crippen molar-refractivity contribution in [3.8, 4) is 0 Å². The molecule has 0 saturated carbocycles. The van der Waals surface area contributed by atoms with Crippen LogP contribution in [0, 0.1) is 6.92 Å². The fourth-order valence-corrected chi connectivity index (χ4v) is 3.54. The first-order chi connectivity index (χ1) is 11.6. The summed E-state index contributed by atoms with van der Waals surface area (Å²) in [4.78, 5) is 25.9. The summed E-state index contributed by atoms with van der Waals surface area (Å²) in [6.45, 7) is 3.05. The van der Waals surface area contributed by atoms with Crippen LogP contribution in [-0.2, 0) is 11.3 Å². The first-order valence-electron chi connectivity index (χ1n) is 7.91. The van der Waals surface area contributed by atoms with Crippen LogP contribution in [0.15, 0.2) is 24.3 Å². The molecule has 0 atom stereocenters. The van der Waals surface area contributed by atoms with Gasteiger partial charge >= 0.3 is 0 Å². The summed E-state index contributed by atoms with van der Waals surface area (Å²) >= 11 is 1.28. The van der Waals surface area contributed by atoms with Crippen molar-refractivity contribution in [2.24, 2.45) is 0 Å². The molecule has 1 aliphatic rings. The van der Waals surface area contributed by atoms with Crippen LogP contribution in [0.25, 0.3) is 0 Å². The first kappa shape index (κ1) is 16.4. The number of rotatable bonds is 5. The van der Waals surface area contributed by atoms with Crippen LogP contribution < -0.4 is 15.5 Å². The average molecular weight is 344 g/mol. The van der Waals surface area contributed by atoms with Crippen LogP contribution in [0.5, 0.6) is 0 Å². The van der Waals surface area contributed by atoms with Crippen molar-refractivity contribution in [1.82, 2.24) is 9.69 Å². The Balaban J connectivity index is 1.63. The SMILES string of the molecule is CNc1snc(C)c1C(=O)NCc1ccc(N2CCCC2=O)cc1. The molecular formula is C17H20N4O2S. The Morgan fingerprint density at radius 1 is 1.33 bits per heavy atom. The Hall–Kier alpha value is -2.41. The molecule has 1 aromatic carbocycles. The van der Waals surface area contributed by atoms with Crippen LogP contribution >= 0.6 is 11.5 Å². The average Bonchev–Trinajstić information content (AvgIpc) is 3.18. The molecule has 6 nitrogen and oxygen atoms in total. The lowest BCUT2D eigenvalue weighted by Crippen LogP contribution is -2.25. The van der Waals surface area contributed by atoms with E-state index in [1.807, 2.05) is 36.1 Å². The van der Waals surface area contributed by atoms with E-state index in [4.69, 9.17) is 0 Å². The normalized spacial score (nSPS) is 14.1. The Labute approximate surface area is 145 Å². The first-order valence-corrected chi connectivity index (χ1v) is 8.69. The molecule has 0 bridgehead atoms. The standard InChI is InChI=1S/C17H20N4O2S/c1-11-15(17(18-2)24-20-11)16(23)19-10-12-5-7-13(8-6-12)21-9-3-4-14(21)22/h5-8,18H,3-4,9-10H2,1-2H3,(H,19,23). The monoisotopic (exact) mass is 344 g/mol. The molecule has 2 heterocycles. The predicted octanol–water partition coefficient (Wildman–Crippen LogP) is 2.55. The molecule has 24 heavy (non-hydrogen) atoms. The number of aryl methyl sites for hydroxylation is 1. The predicted molar refractivity (Wildman–Crippen MR) is 95.6 cm³/mol. The van der Waals surface area contributed by atoms with Gasteiger partial charge in [-0.05, 0) is 42.6 Å². The van der Waals surface area contributed by atoms with Crippen LogP contribution in [0.3, 0.4) is 0 Å². The fraction of sp³-hybridized carbons (Fsp3) is 0.353. The number of carbonyl (C=O) groups excluding carboxylic acids is 2. The van der Waals surface area contributed by atoms with Crippen molar-refractivity contribution in [2.75, 3.05) is 23.8 Å². The Kier molecular flexibility index (Phi) is 4.80. The quantitative estimate of drug-likeness (QED) is 0.874. The maximum Gasteiger partial charge on any atom is 0.256 e. The summed E-state index contributed by atoms with van der Waals surface area (Å²) in [5, 5.41) is 6.69. The topological polar surface area (TPSA) is 74.3 Å². The Morgan fingerprint density at radius 2 is 2.08 bits per heavy atom. The highest BCUT2D eigenvalue weighted by molar-refractivity contribution is 7.10. The minimum Gasteiger partial charge on any atom is -0.378 e. The van der Waals surface area contributed by atoms with Crippen molar-refractivity contribution in [3.63, 3.8) is 0 Å². The van der Waals surface area contributed by atoms with Crippen molar-refractivity contribution >= 4 is 34.0 Å². The zero-order valence-corrected chi connectivity index (χ0v) is 14.6. The fourth-order valence-electron chi connectivity index (χ4n) is 2.79. The van der Waals surface area contributed by atoms with Crippen LogP contribution in [0.1, 0.15) is 34.5 Å². The molecule has 2 amide bonds. The van der Waals surface area contributed by atoms with Crippen LogP contribution in [0.2, 0.25) is 0 Å². The Bertz CT molecular complexity index is 754. The summed E-state index contributed by atoms with van der Waals surface area (Å²) in [5.41, 5.74) is 3.24. The lowest BCUT2D eigenvalue weighted by atomic mass is 10.2. The molecule has 0 radical (unpaired) electrons. The highest BCUT2D eigenvalue weighted by atomic mass is 32.1. The molecule has 1 aromatic heterocycles. The number of hydrogen-bond donors (Lipinski definition) is 2. The lowest BCUT2D eigenvalue weighted by molar-refractivity contribution is -0.117. The molecule has 1 saturated heterocycles. The number of aromatic nitrogens is 1. The largest absolute Gasteiger partial charge is 0.378 e. The number of nitrogens with one attached hydrogen (secondary N) is 2. The van der Waals surface area contributed by atoms with Gasteiger partial charge in [0.05, 0.1) is 11.3 Å². The number of carbonyl (C=O) groups is 2. The number of benzene rings is 1. The Morgan fingerprint density at radius 3 is 2.71 bits per heavy atom. The number of nitrogens with zero attached hydrogens (tertiary/aromatic N) is 2. The molecule has 2 N–H and O–H groups in total. The van der Waals surface area contributed by atoms with E-state index in [0.717, 1.165) is 34.9 Å². The molecule has 0 unspecified atom stereocenters. The maximum absolute atomic E-state index is 12.4. The van der Waals surface area contributed by atoms with Gasteiger partial charge in [-0.15, -0.1) is 0 Å². The van der Waals surface area contributed by atoms with Crippen molar-refractivity contribution in [3.05, 3.63) is 41.1 Å². The van der Waals surface area contributed by atoms with Gasteiger partial charge in [0.25, 0.3) is 5.91 Å². The summed E-state index contributed by atoms with van der Waals surface area (Å²) < 4.78 is 4.21. The van der Waals surface area contributed by atoms with E-state index in [1.54, 1.807) is 7.05 Å². The van der Waals surface area contributed by atoms with Crippen molar-refractivity contribution in [1.29, 1.82) is 0 Å². The highest BCUT2D eigenvalue weighted by Gasteiger charge is 2.21. The van der Waals surface area contributed by atoms with E-state index in [2.05, 4.69) is 15.0 Å². The van der Waals surface area contributed by atoms with E-state index < -0.39 is 0 Å². The van der Waals surface area contributed by atoms with Crippen molar-refractivity contribution < 1.29 is 9.59 Å². The third-order valence-electron chi connectivity index (χ3n) is 4.09. The molecule has 1 fully saturated rings. The van der Waals surface area contributed by atoms with Gasteiger partial charge in [-0.2, -0.15) is 4.37 Å². The summed E-state index contributed by atoms with van der Waals surface area (Å²) in [6.07, 6.45) is 1.54. The van der Waals surface area contributed by atoms with E-state index >= 15 is 0 Å². The molecule has 2 aromatic rings. The number of anilines is 2. The van der Waals surface area contributed by atoms with Gasteiger partial charge in [-0.1, -0.05) is 12.1 Å². The molecule has 0 spiro atoms. The van der Waals surface area contributed by atoms with Crippen LogP contribution in [-0.4, -0.2) is 29.8 Å². The second-order valence-electron chi connectivity index (χ2n) is 5.72. The van der Waals surface area contributed by atoms with E-state index in [9.17, 15) is 9.59 Å². The van der Waals surface area contributed by atoms with Gasteiger partial charge in [-0.25, -0.2) is 0 Å². The number of hydrogen-bond acceptors (Lipinski definition) is 5. The molecule has 3 rings (SSSR count). The second-order valence-corrected chi connectivity index (χ2v) is 6.49. The number of amides is 2. The van der Waals surface area contributed by atoms with E-state index in [0.29, 0.717) is 18.5 Å². The molecule has 7 heteroatoms.